The second kappa shape index (κ2) is 12.4. The third kappa shape index (κ3) is 13.9. The van der Waals surface area contributed by atoms with Crippen LogP contribution in [0.4, 0.5) is 0 Å². The van der Waals surface area contributed by atoms with Crippen molar-refractivity contribution in [1.29, 1.82) is 0 Å². The first kappa shape index (κ1) is 19.3. The highest BCUT2D eigenvalue weighted by atomic mass is 16.5. The molecule has 0 heterocycles. The Balaban J connectivity index is 0. The molecule has 0 spiro atoms. The van der Waals surface area contributed by atoms with E-state index < -0.39 is 0 Å². The van der Waals surface area contributed by atoms with Gasteiger partial charge < -0.3 is 9.64 Å². The van der Waals surface area contributed by atoms with Gasteiger partial charge in [0.15, 0.2) is 0 Å². The normalized spacial score (nSPS) is 15.5. The minimum Gasteiger partial charge on any atom is -0.385 e. The summed E-state index contributed by atoms with van der Waals surface area (Å²) in [5, 5.41) is 0. The van der Waals surface area contributed by atoms with Gasteiger partial charge in [-0.25, -0.2) is 0 Å². The summed E-state index contributed by atoms with van der Waals surface area (Å²) in [4.78, 5) is 2.45. The van der Waals surface area contributed by atoms with Gasteiger partial charge in [0.05, 0.1) is 0 Å². The second-order valence-corrected chi connectivity index (χ2v) is 5.04. The van der Waals surface area contributed by atoms with Crippen LogP contribution in [-0.4, -0.2) is 38.8 Å². The van der Waals surface area contributed by atoms with E-state index in [1.807, 2.05) is 13.8 Å². The zero-order chi connectivity index (χ0) is 13.7. The lowest BCUT2D eigenvalue weighted by atomic mass is 10.1. The molecular weight excluding hydrogens is 210 g/mol. The van der Waals surface area contributed by atoms with Gasteiger partial charge in [-0.15, -0.1) is 0 Å². The summed E-state index contributed by atoms with van der Waals surface area (Å²) >= 11 is 0. The van der Waals surface area contributed by atoms with Crippen molar-refractivity contribution in [3.05, 3.63) is 0 Å². The lowest BCUT2D eigenvalue weighted by Crippen LogP contribution is -2.25. The van der Waals surface area contributed by atoms with Crippen LogP contribution in [-0.2, 0) is 4.74 Å². The van der Waals surface area contributed by atoms with Crippen LogP contribution in [0.1, 0.15) is 60.3 Å². The summed E-state index contributed by atoms with van der Waals surface area (Å²) in [6, 6.07) is 0. The minimum atomic E-state index is 0.698. The number of hydrogen-bond acceptors (Lipinski definition) is 2. The van der Waals surface area contributed by atoms with Gasteiger partial charge in [0, 0.05) is 20.3 Å². The van der Waals surface area contributed by atoms with E-state index >= 15 is 0 Å². The van der Waals surface area contributed by atoms with Crippen LogP contribution in [0.2, 0.25) is 0 Å². The molecule has 2 heteroatoms. The molecule has 2 nitrogen and oxygen atoms in total. The maximum atomic E-state index is 4.69. The molecule has 1 aliphatic carbocycles. The van der Waals surface area contributed by atoms with E-state index in [0.717, 1.165) is 13.0 Å². The van der Waals surface area contributed by atoms with Gasteiger partial charge in [0.2, 0.25) is 0 Å². The fraction of sp³-hybridized carbons (Fsp3) is 1.00. The van der Waals surface area contributed by atoms with E-state index in [-0.39, 0.29) is 0 Å². The van der Waals surface area contributed by atoms with Crippen molar-refractivity contribution >= 4 is 0 Å². The Bertz CT molecular complexity index is 142. The molecule has 106 valence electrons. The van der Waals surface area contributed by atoms with E-state index in [4.69, 9.17) is 4.74 Å². The average Bonchev–Trinajstić information content (AvgIpc) is 3.01. The summed E-state index contributed by atoms with van der Waals surface area (Å²) in [5.74, 6) is 0. The molecule has 0 aromatic heterocycles. The average molecular weight is 245 g/mol. The highest BCUT2D eigenvalue weighted by Gasteiger charge is 2.37. The molecular formula is C15H35NO. The molecule has 17 heavy (non-hydrogen) atoms. The predicted octanol–water partition coefficient (Wildman–Crippen LogP) is 4.20. The van der Waals surface area contributed by atoms with Crippen LogP contribution >= 0.6 is 0 Å². The van der Waals surface area contributed by atoms with Crippen molar-refractivity contribution < 1.29 is 4.74 Å². The van der Waals surface area contributed by atoms with Crippen molar-refractivity contribution in [3.63, 3.8) is 0 Å². The molecule has 0 unspecified atom stereocenters. The SMILES string of the molecule is CC.CCCN(C)CC1(C)CC1.CCCOC. The lowest BCUT2D eigenvalue weighted by molar-refractivity contribution is 0.199. The molecule has 1 aliphatic rings. The first-order valence-corrected chi connectivity index (χ1v) is 7.25. The topological polar surface area (TPSA) is 12.5 Å². The maximum absolute atomic E-state index is 4.69. The van der Waals surface area contributed by atoms with Gasteiger partial charge in [0.1, 0.15) is 0 Å². The number of rotatable bonds is 6. The zero-order valence-corrected chi connectivity index (χ0v) is 13.3. The highest BCUT2D eigenvalue weighted by molar-refractivity contribution is 4.90. The molecule has 0 atom stereocenters. The van der Waals surface area contributed by atoms with Crippen LogP contribution in [0.5, 0.6) is 0 Å². The van der Waals surface area contributed by atoms with Crippen LogP contribution in [0.3, 0.4) is 0 Å². The Hall–Kier alpha value is -0.0800. The van der Waals surface area contributed by atoms with E-state index in [0.29, 0.717) is 5.41 Å². The minimum absolute atomic E-state index is 0.698. The van der Waals surface area contributed by atoms with Crippen molar-refractivity contribution in [2.75, 3.05) is 33.9 Å². The van der Waals surface area contributed by atoms with Gasteiger partial charge in [-0.1, -0.05) is 34.6 Å². The smallest absolute Gasteiger partial charge is 0.0459 e. The van der Waals surface area contributed by atoms with Gasteiger partial charge in [-0.3, -0.25) is 0 Å². The number of nitrogens with zero attached hydrogens (tertiary/aromatic N) is 1. The molecule has 0 N–H and O–H groups in total. The Morgan fingerprint density at radius 3 is 1.88 bits per heavy atom. The quantitative estimate of drug-likeness (QED) is 0.695. The molecule has 0 bridgehead atoms. The van der Waals surface area contributed by atoms with Gasteiger partial charge in [-0.05, 0) is 44.7 Å². The van der Waals surface area contributed by atoms with Crippen molar-refractivity contribution in [2.24, 2.45) is 5.41 Å². The fourth-order valence-electron chi connectivity index (χ4n) is 1.69. The van der Waals surface area contributed by atoms with Crippen molar-refractivity contribution in [1.82, 2.24) is 4.90 Å². The molecule has 0 saturated heterocycles. The maximum Gasteiger partial charge on any atom is 0.0459 e. The number of hydrogen-bond donors (Lipinski definition) is 0. The molecule has 0 aromatic carbocycles. The Morgan fingerprint density at radius 1 is 1.12 bits per heavy atom. The van der Waals surface area contributed by atoms with E-state index in [1.165, 1.54) is 32.4 Å². The monoisotopic (exact) mass is 245 g/mol. The summed E-state index contributed by atoms with van der Waals surface area (Å²) in [5.41, 5.74) is 0.698. The van der Waals surface area contributed by atoms with Gasteiger partial charge >= 0.3 is 0 Å². The first-order valence-electron chi connectivity index (χ1n) is 7.25. The Kier molecular flexibility index (Phi) is 14.0. The van der Waals surface area contributed by atoms with E-state index in [2.05, 4.69) is 32.7 Å². The van der Waals surface area contributed by atoms with Crippen LogP contribution in [0, 0.1) is 5.41 Å². The zero-order valence-electron chi connectivity index (χ0n) is 13.3. The lowest BCUT2D eigenvalue weighted by Gasteiger charge is -2.19. The standard InChI is InChI=1S/C9H19N.C4H10O.C2H6/c1-4-7-10(3)8-9(2)5-6-9;1-3-4-5-2;1-2/h4-8H2,1-3H3;3-4H2,1-2H3;1-2H3. The number of methoxy groups -OCH3 is 1. The van der Waals surface area contributed by atoms with E-state index in [9.17, 15) is 0 Å². The Morgan fingerprint density at radius 2 is 1.65 bits per heavy atom. The molecule has 1 fully saturated rings. The van der Waals surface area contributed by atoms with Crippen LogP contribution < -0.4 is 0 Å². The summed E-state index contributed by atoms with van der Waals surface area (Å²) in [7, 11) is 3.94. The second-order valence-electron chi connectivity index (χ2n) is 5.04. The van der Waals surface area contributed by atoms with Gasteiger partial charge in [-0.2, -0.15) is 0 Å². The third-order valence-corrected chi connectivity index (χ3v) is 2.77. The number of ether oxygens (including phenoxy) is 1. The fourth-order valence-corrected chi connectivity index (χ4v) is 1.69. The molecule has 0 aliphatic heterocycles. The molecule has 1 rings (SSSR count). The molecule has 0 amide bonds. The van der Waals surface area contributed by atoms with Gasteiger partial charge in [0.25, 0.3) is 0 Å². The van der Waals surface area contributed by atoms with Crippen LogP contribution in [0.15, 0.2) is 0 Å². The third-order valence-electron chi connectivity index (χ3n) is 2.77. The van der Waals surface area contributed by atoms with Crippen molar-refractivity contribution in [2.45, 2.75) is 60.3 Å². The largest absolute Gasteiger partial charge is 0.385 e. The predicted molar refractivity (Wildman–Crippen MR) is 78.6 cm³/mol. The molecule has 0 radical (unpaired) electrons. The van der Waals surface area contributed by atoms with Crippen LogP contribution in [0.25, 0.3) is 0 Å². The summed E-state index contributed by atoms with van der Waals surface area (Å²) in [6.45, 7) is 14.2. The molecule has 1 saturated carbocycles. The summed E-state index contributed by atoms with van der Waals surface area (Å²) < 4.78 is 4.69. The first-order chi connectivity index (χ1) is 8.08. The Labute approximate surface area is 110 Å². The van der Waals surface area contributed by atoms with E-state index in [1.54, 1.807) is 7.11 Å². The summed E-state index contributed by atoms with van der Waals surface area (Å²) in [6.07, 6.45) is 5.30. The van der Waals surface area contributed by atoms with Crippen molar-refractivity contribution in [3.8, 4) is 0 Å². The highest BCUT2D eigenvalue weighted by Crippen LogP contribution is 2.45. The molecule has 0 aromatic rings.